The first-order valence-electron chi connectivity index (χ1n) is 5.56. The fourth-order valence-electron chi connectivity index (χ4n) is 1.27. The molecular weight excluding hydrogens is 239 g/mol. The second-order valence-electron chi connectivity index (χ2n) is 3.90. The number of ether oxygens (including phenoxy) is 2. The summed E-state index contributed by atoms with van der Waals surface area (Å²) in [4.78, 5) is 0. The van der Waals surface area contributed by atoms with Gasteiger partial charge < -0.3 is 20.4 Å². The Kier molecular flexibility index (Phi) is 5.38. The van der Waals surface area contributed by atoms with Gasteiger partial charge in [-0.25, -0.2) is 4.39 Å². The molecule has 3 N–H and O–H groups in total. The van der Waals surface area contributed by atoms with E-state index in [-0.39, 0.29) is 24.3 Å². The summed E-state index contributed by atoms with van der Waals surface area (Å²) < 4.78 is 24.1. The minimum Gasteiger partial charge on any atom is -0.488 e. The van der Waals surface area contributed by atoms with Gasteiger partial charge in [0.05, 0.1) is 12.7 Å². The van der Waals surface area contributed by atoms with Gasteiger partial charge in [-0.15, -0.1) is 0 Å². The van der Waals surface area contributed by atoms with Crippen molar-refractivity contribution in [3.8, 4) is 5.75 Å². The van der Waals surface area contributed by atoms with Crippen LogP contribution >= 0.6 is 0 Å². The summed E-state index contributed by atoms with van der Waals surface area (Å²) >= 11 is 0. The van der Waals surface area contributed by atoms with Gasteiger partial charge >= 0.3 is 0 Å². The molecule has 1 rings (SSSR count). The lowest BCUT2D eigenvalue weighted by molar-refractivity contribution is 0.0544. The highest BCUT2D eigenvalue weighted by Crippen LogP contribution is 2.18. The van der Waals surface area contributed by atoms with E-state index in [1.165, 1.54) is 12.1 Å². The standard InChI is InChI=1S/C12H17FN2O3/c1-8(2)17-5-6-18-11-4-3-9(7-10(11)13)12(14)15-16/h3-4,7-8,16H,5-6H2,1-2H3,(H2,14,15). The molecule has 1 aromatic carbocycles. The first kappa shape index (κ1) is 14.2. The zero-order valence-corrected chi connectivity index (χ0v) is 10.4. The predicted octanol–water partition coefficient (Wildman–Crippen LogP) is 1.72. The van der Waals surface area contributed by atoms with Crippen molar-refractivity contribution in [2.75, 3.05) is 13.2 Å². The molecule has 18 heavy (non-hydrogen) atoms. The van der Waals surface area contributed by atoms with Crippen LogP contribution in [0.3, 0.4) is 0 Å². The third-order valence-electron chi connectivity index (χ3n) is 2.13. The van der Waals surface area contributed by atoms with E-state index in [1.54, 1.807) is 0 Å². The topological polar surface area (TPSA) is 77.1 Å². The first-order chi connectivity index (χ1) is 8.54. The van der Waals surface area contributed by atoms with Crippen LogP contribution in [-0.4, -0.2) is 30.4 Å². The van der Waals surface area contributed by atoms with Gasteiger partial charge in [-0.2, -0.15) is 0 Å². The fraction of sp³-hybridized carbons (Fsp3) is 0.417. The van der Waals surface area contributed by atoms with Crippen LogP contribution in [0.2, 0.25) is 0 Å². The van der Waals surface area contributed by atoms with E-state index in [0.29, 0.717) is 12.2 Å². The number of amidine groups is 1. The average Bonchev–Trinajstić information content (AvgIpc) is 2.34. The van der Waals surface area contributed by atoms with Gasteiger partial charge in [-0.3, -0.25) is 0 Å². The summed E-state index contributed by atoms with van der Waals surface area (Å²) in [7, 11) is 0. The molecule has 0 atom stereocenters. The van der Waals surface area contributed by atoms with E-state index in [0.717, 1.165) is 6.07 Å². The van der Waals surface area contributed by atoms with E-state index in [4.69, 9.17) is 20.4 Å². The van der Waals surface area contributed by atoms with Crippen LogP contribution in [-0.2, 0) is 4.74 Å². The molecular formula is C12H17FN2O3. The van der Waals surface area contributed by atoms with Crippen LogP contribution in [0.25, 0.3) is 0 Å². The number of nitrogens with zero attached hydrogens (tertiary/aromatic N) is 1. The lowest BCUT2D eigenvalue weighted by Crippen LogP contribution is -2.14. The normalized spacial score (nSPS) is 11.9. The predicted molar refractivity (Wildman–Crippen MR) is 65.5 cm³/mol. The molecule has 0 aromatic heterocycles. The molecule has 5 nitrogen and oxygen atoms in total. The molecule has 0 saturated heterocycles. The Hall–Kier alpha value is -1.82. The number of rotatable bonds is 6. The zero-order valence-electron chi connectivity index (χ0n) is 10.4. The maximum atomic E-state index is 13.6. The lowest BCUT2D eigenvalue weighted by atomic mass is 10.2. The second kappa shape index (κ2) is 6.80. The minimum atomic E-state index is -0.566. The SMILES string of the molecule is CC(C)OCCOc1ccc(/C(N)=N/O)cc1F. The Morgan fingerprint density at radius 2 is 2.17 bits per heavy atom. The van der Waals surface area contributed by atoms with Crippen molar-refractivity contribution in [3.63, 3.8) is 0 Å². The molecule has 0 amide bonds. The van der Waals surface area contributed by atoms with Crippen molar-refractivity contribution >= 4 is 5.84 Å². The molecule has 0 saturated carbocycles. The second-order valence-corrected chi connectivity index (χ2v) is 3.90. The molecule has 0 heterocycles. The van der Waals surface area contributed by atoms with Gasteiger partial charge in [0, 0.05) is 5.56 Å². The average molecular weight is 256 g/mol. The van der Waals surface area contributed by atoms with Crippen molar-refractivity contribution in [2.24, 2.45) is 10.9 Å². The molecule has 0 aliphatic carbocycles. The molecule has 0 fully saturated rings. The maximum absolute atomic E-state index is 13.6. The van der Waals surface area contributed by atoms with Crippen molar-refractivity contribution in [1.29, 1.82) is 0 Å². The lowest BCUT2D eigenvalue weighted by Gasteiger charge is -2.10. The van der Waals surface area contributed by atoms with Gasteiger partial charge in [0.15, 0.2) is 17.4 Å². The van der Waals surface area contributed by atoms with Crippen LogP contribution < -0.4 is 10.5 Å². The Bertz CT molecular complexity index is 422. The Labute approximate surface area is 105 Å². The largest absolute Gasteiger partial charge is 0.488 e. The van der Waals surface area contributed by atoms with Crippen molar-refractivity contribution in [2.45, 2.75) is 20.0 Å². The summed E-state index contributed by atoms with van der Waals surface area (Å²) in [6.07, 6.45) is 0.112. The zero-order chi connectivity index (χ0) is 13.5. The van der Waals surface area contributed by atoms with Crippen molar-refractivity contribution < 1.29 is 19.1 Å². The van der Waals surface area contributed by atoms with E-state index in [1.807, 2.05) is 13.8 Å². The number of oxime groups is 1. The molecule has 0 unspecified atom stereocenters. The van der Waals surface area contributed by atoms with E-state index < -0.39 is 5.82 Å². The van der Waals surface area contributed by atoms with Gasteiger partial charge in [-0.1, -0.05) is 5.16 Å². The fourth-order valence-corrected chi connectivity index (χ4v) is 1.27. The number of benzene rings is 1. The highest BCUT2D eigenvalue weighted by Gasteiger charge is 2.07. The highest BCUT2D eigenvalue weighted by molar-refractivity contribution is 5.97. The van der Waals surface area contributed by atoms with E-state index in [2.05, 4.69) is 5.16 Å². The number of hydrogen-bond acceptors (Lipinski definition) is 4. The highest BCUT2D eigenvalue weighted by atomic mass is 19.1. The molecule has 100 valence electrons. The summed E-state index contributed by atoms with van der Waals surface area (Å²) in [5.74, 6) is -0.607. The smallest absolute Gasteiger partial charge is 0.170 e. The van der Waals surface area contributed by atoms with E-state index >= 15 is 0 Å². The third-order valence-corrected chi connectivity index (χ3v) is 2.13. The van der Waals surface area contributed by atoms with Crippen LogP contribution in [0.4, 0.5) is 4.39 Å². The molecule has 0 spiro atoms. The quantitative estimate of drug-likeness (QED) is 0.267. The van der Waals surface area contributed by atoms with Crippen LogP contribution in [0.5, 0.6) is 5.75 Å². The number of hydrogen-bond donors (Lipinski definition) is 2. The Balaban J connectivity index is 2.58. The molecule has 0 aliphatic heterocycles. The summed E-state index contributed by atoms with van der Waals surface area (Å²) in [5, 5.41) is 11.3. The van der Waals surface area contributed by atoms with Gasteiger partial charge in [0.1, 0.15) is 6.61 Å². The molecule has 6 heteroatoms. The molecule has 0 aliphatic rings. The number of halogens is 1. The summed E-state index contributed by atoms with van der Waals surface area (Å²) in [6.45, 7) is 4.47. The van der Waals surface area contributed by atoms with Crippen LogP contribution in [0.1, 0.15) is 19.4 Å². The Morgan fingerprint density at radius 1 is 1.44 bits per heavy atom. The molecule has 0 radical (unpaired) electrons. The molecule has 1 aromatic rings. The number of nitrogens with two attached hydrogens (primary N) is 1. The van der Waals surface area contributed by atoms with Crippen molar-refractivity contribution in [1.82, 2.24) is 0 Å². The summed E-state index contributed by atoms with van der Waals surface area (Å²) in [5.41, 5.74) is 5.63. The monoisotopic (exact) mass is 256 g/mol. The van der Waals surface area contributed by atoms with Crippen molar-refractivity contribution in [3.05, 3.63) is 29.6 Å². The van der Waals surface area contributed by atoms with Crippen LogP contribution in [0, 0.1) is 5.82 Å². The molecule has 0 bridgehead atoms. The minimum absolute atomic E-state index is 0.108. The third kappa shape index (κ3) is 4.21. The van der Waals surface area contributed by atoms with Gasteiger partial charge in [0.2, 0.25) is 0 Å². The van der Waals surface area contributed by atoms with Gasteiger partial charge in [0.25, 0.3) is 0 Å². The summed E-state index contributed by atoms with van der Waals surface area (Å²) in [6, 6.07) is 4.09. The maximum Gasteiger partial charge on any atom is 0.170 e. The van der Waals surface area contributed by atoms with Gasteiger partial charge in [-0.05, 0) is 32.0 Å². The Morgan fingerprint density at radius 3 is 2.72 bits per heavy atom. The van der Waals surface area contributed by atoms with E-state index in [9.17, 15) is 4.39 Å². The van der Waals surface area contributed by atoms with Crippen LogP contribution in [0.15, 0.2) is 23.4 Å². The first-order valence-corrected chi connectivity index (χ1v) is 5.56.